The molecular weight excluding hydrogens is 318 g/mol. The van der Waals surface area contributed by atoms with Crippen LogP contribution in [0.5, 0.6) is 0 Å². The quantitative estimate of drug-likeness (QED) is 0.885. The molecule has 0 fully saturated rings. The summed E-state index contributed by atoms with van der Waals surface area (Å²) < 4.78 is 2.02. The van der Waals surface area contributed by atoms with Crippen molar-refractivity contribution in [1.82, 2.24) is 19.8 Å². The zero-order valence-electron chi connectivity index (χ0n) is 14.4. The Bertz CT molecular complexity index is 769. The maximum Gasteiger partial charge on any atom is 0.317 e. The second-order valence-electron chi connectivity index (χ2n) is 6.08. The van der Waals surface area contributed by atoms with Gasteiger partial charge < -0.3 is 20.5 Å². The van der Waals surface area contributed by atoms with Crippen LogP contribution in [0.15, 0.2) is 30.3 Å². The van der Waals surface area contributed by atoms with E-state index < -0.39 is 5.91 Å². The maximum atomic E-state index is 12.3. The minimum absolute atomic E-state index is 0.0672. The van der Waals surface area contributed by atoms with Crippen molar-refractivity contribution in [2.45, 2.75) is 26.3 Å². The van der Waals surface area contributed by atoms with E-state index >= 15 is 0 Å². The molecule has 0 atom stereocenters. The Morgan fingerprint density at radius 2 is 1.96 bits per heavy atom. The summed E-state index contributed by atoms with van der Waals surface area (Å²) in [5, 5.41) is 2.90. The summed E-state index contributed by atoms with van der Waals surface area (Å²) in [4.78, 5) is 30.4. The molecule has 3 rings (SSSR count). The minimum atomic E-state index is -0.533. The van der Waals surface area contributed by atoms with Gasteiger partial charge >= 0.3 is 6.03 Å². The topological polar surface area (TPSA) is 93.2 Å². The van der Waals surface area contributed by atoms with Crippen LogP contribution in [0.3, 0.4) is 0 Å². The summed E-state index contributed by atoms with van der Waals surface area (Å²) in [5.74, 6) is 0.190. The van der Waals surface area contributed by atoms with Gasteiger partial charge in [-0.3, -0.25) is 4.79 Å². The smallest absolute Gasteiger partial charge is 0.317 e. The van der Waals surface area contributed by atoms with Crippen LogP contribution in [0.2, 0.25) is 0 Å². The summed E-state index contributed by atoms with van der Waals surface area (Å²) in [5.41, 5.74) is 7.57. The maximum absolute atomic E-state index is 12.3. The number of nitrogens with one attached hydrogen (secondary N) is 1. The fraction of sp³-hybridized carbons (Fsp3) is 0.389. The van der Waals surface area contributed by atoms with Gasteiger partial charge in [0.2, 0.25) is 0 Å². The van der Waals surface area contributed by atoms with Crippen molar-refractivity contribution in [2.24, 2.45) is 5.73 Å². The molecule has 2 heterocycles. The highest BCUT2D eigenvalue weighted by atomic mass is 16.2. The fourth-order valence-corrected chi connectivity index (χ4v) is 3.11. The molecular formula is C18H23N5O2. The van der Waals surface area contributed by atoms with E-state index in [1.54, 1.807) is 4.90 Å². The van der Waals surface area contributed by atoms with E-state index in [2.05, 4.69) is 10.3 Å². The van der Waals surface area contributed by atoms with Crippen LogP contribution in [0.25, 0.3) is 11.4 Å². The van der Waals surface area contributed by atoms with Crippen LogP contribution in [0.4, 0.5) is 4.79 Å². The zero-order chi connectivity index (χ0) is 17.8. The number of hydrogen-bond acceptors (Lipinski definition) is 3. The van der Waals surface area contributed by atoms with E-state index in [0.29, 0.717) is 38.3 Å². The number of aromatic nitrogens is 2. The normalized spacial score (nSPS) is 13.9. The van der Waals surface area contributed by atoms with E-state index in [9.17, 15) is 9.59 Å². The lowest BCUT2D eigenvalue weighted by atomic mass is 10.2. The third kappa shape index (κ3) is 3.50. The number of carbonyl (C=O) groups is 2. The number of nitrogens with two attached hydrogens (primary N) is 1. The first-order valence-corrected chi connectivity index (χ1v) is 8.59. The summed E-state index contributed by atoms with van der Waals surface area (Å²) in [7, 11) is 0. The first-order chi connectivity index (χ1) is 12.1. The van der Waals surface area contributed by atoms with Crippen molar-refractivity contribution >= 4 is 11.9 Å². The Morgan fingerprint density at radius 1 is 1.20 bits per heavy atom. The van der Waals surface area contributed by atoms with Crippen LogP contribution in [-0.2, 0) is 13.0 Å². The molecule has 1 aliphatic heterocycles. The third-order valence-electron chi connectivity index (χ3n) is 4.36. The zero-order valence-corrected chi connectivity index (χ0v) is 14.4. The highest BCUT2D eigenvalue weighted by molar-refractivity contribution is 5.93. The van der Waals surface area contributed by atoms with Crippen LogP contribution < -0.4 is 11.1 Å². The van der Waals surface area contributed by atoms with Crippen LogP contribution in [0, 0.1) is 0 Å². The van der Waals surface area contributed by atoms with Gasteiger partial charge in [-0.2, -0.15) is 0 Å². The Morgan fingerprint density at radius 3 is 2.64 bits per heavy atom. The van der Waals surface area contributed by atoms with E-state index in [-0.39, 0.29) is 6.03 Å². The minimum Gasteiger partial charge on any atom is -0.364 e. The molecule has 0 aliphatic carbocycles. The number of carbonyl (C=O) groups excluding carboxylic acids is 2. The first-order valence-electron chi connectivity index (χ1n) is 8.59. The van der Waals surface area contributed by atoms with Gasteiger partial charge in [-0.15, -0.1) is 0 Å². The largest absolute Gasteiger partial charge is 0.364 e. The predicted molar refractivity (Wildman–Crippen MR) is 95.1 cm³/mol. The van der Waals surface area contributed by atoms with Gasteiger partial charge in [-0.1, -0.05) is 37.3 Å². The lowest BCUT2D eigenvalue weighted by Gasteiger charge is -2.20. The van der Waals surface area contributed by atoms with Crippen molar-refractivity contribution < 1.29 is 9.59 Å². The molecule has 0 spiro atoms. The molecule has 7 nitrogen and oxygen atoms in total. The van der Waals surface area contributed by atoms with Gasteiger partial charge in [0, 0.05) is 38.2 Å². The summed E-state index contributed by atoms with van der Waals surface area (Å²) >= 11 is 0. The molecule has 1 aromatic heterocycles. The Hall–Kier alpha value is -2.83. The molecule has 0 saturated carbocycles. The van der Waals surface area contributed by atoms with Crippen LogP contribution in [-0.4, -0.2) is 46.0 Å². The lowest BCUT2D eigenvalue weighted by molar-refractivity contribution is 0.0995. The summed E-state index contributed by atoms with van der Waals surface area (Å²) in [6, 6.07) is 9.64. The van der Waals surface area contributed by atoms with E-state index in [4.69, 9.17) is 5.73 Å². The molecule has 0 bridgehead atoms. The second-order valence-corrected chi connectivity index (χ2v) is 6.08. The van der Waals surface area contributed by atoms with Crippen LogP contribution in [0.1, 0.15) is 29.5 Å². The van der Waals surface area contributed by atoms with Crippen molar-refractivity contribution in [3.8, 4) is 11.4 Å². The highest BCUT2D eigenvalue weighted by Crippen LogP contribution is 2.24. The number of hydrogen-bond donors (Lipinski definition) is 2. The number of amides is 3. The number of urea groups is 1. The van der Waals surface area contributed by atoms with Gasteiger partial charge in [-0.25, -0.2) is 9.78 Å². The van der Waals surface area contributed by atoms with E-state index in [0.717, 1.165) is 23.5 Å². The molecule has 0 radical (unpaired) electrons. The van der Waals surface area contributed by atoms with Crippen molar-refractivity contribution in [1.29, 1.82) is 0 Å². The Kier molecular flexibility index (Phi) is 5.02. The molecule has 0 unspecified atom stereocenters. The first kappa shape index (κ1) is 17.0. The molecule has 3 N–H and O–H groups in total. The second kappa shape index (κ2) is 7.38. The van der Waals surface area contributed by atoms with Crippen LogP contribution >= 0.6 is 0 Å². The Labute approximate surface area is 146 Å². The molecule has 1 aromatic carbocycles. The Balaban J connectivity index is 1.91. The number of primary amides is 1. The average molecular weight is 341 g/mol. The predicted octanol–water partition coefficient (Wildman–Crippen LogP) is 1.63. The van der Waals surface area contributed by atoms with Gasteiger partial charge in [0.15, 0.2) is 0 Å². The van der Waals surface area contributed by atoms with Gasteiger partial charge in [0.1, 0.15) is 11.5 Å². The number of benzene rings is 1. The molecule has 3 amide bonds. The van der Waals surface area contributed by atoms with Crippen molar-refractivity contribution in [2.75, 3.05) is 19.6 Å². The number of imidazole rings is 1. The molecule has 2 aromatic rings. The molecule has 132 valence electrons. The highest BCUT2D eigenvalue weighted by Gasteiger charge is 2.26. The molecule has 7 heteroatoms. The van der Waals surface area contributed by atoms with E-state index in [1.807, 2.05) is 41.8 Å². The SMILES string of the molecule is CCCNC(=O)N1CCc2c(C(N)=O)nc(-c3ccccc3)n2CC1. The fourth-order valence-electron chi connectivity index (χ4n) is 3.11. The third-order valence-corrected chi connectivity index (χ3v) is 4.36. The number of rotatable bonds is 4. The standard InChI is InChI=1S/C18H23N5O2/c1-2-9-20-18(25)22-10-8-14-15(16(19)24)21-17(23(14)12-11-22)13-6-4-3-5-7-13/h3-7H,2,8-12H2,1H3,(H2,19,24)(H,20,25). The number of nitrogens with zero attached hydrogens (tertiary/aromatic N) is 3. The molecule has 1 aliphatic rings. The molecule has 25 heavy (non-hydrogen) atoms. The average Bonchev–Trinajstić information content (AvgIpc) is 2.85. The summed E-state index contributed by atoms with van der Waals surface area (Å²) in [6.45, 7) is 4.36. The molecule has 0 saturated heterocycles. The van der Waals surface area contributed by atoms with Crippen molar-refractivity contribution in [3.05, 3.63) is 41.7 Å². The number of fused-ring (bicyclic) bond motifs is 1. The van der Waals surface area contributed by atoms with Gasteiger partial charge in [0.05, 0.1) is 5.69 Å². The lowest BCUT2D eigenvalue weighted by Crippen LogP contribution is -2.41. The van der Waals surface area contributed by atoms with Gasteiger partial charge in [-0.05, 0) is 6.42 Å². The van der Waals surface area contributed by atoms with E-state index in [1.165, 1.54) is 0 Å². The monoisotopic (exact) mass is 341 g/mol. The van der Waals surface area contributed by atoms with Crippen molar-refractivity contribution in [3.63, 3.8) is 0 Å². The van der Waals surface area contributed by atoms with Gasteiger partial charge in [0.25, 0.3) is 5.91 Å². The summed E-state index contributed by atoms with van der Waals surface area (Å²) in [6.07, 6.45) is 1.45.